The summed E-state index contributed by atoms with van der Waals surface area (Å²) in [5, 5.41) is 3.13. The van der Waals surface area contributed by atoms with Crippen LogP contribution in [-0.4, -0.2) is 20.3 Å². The predicted octanol–water partition coefficient (Wildman–Crippen LogP) is 3.91. The molecule has 0 saturated carbocycles. The first-order chi connectivity index (χ1) is 9.22. The van der Waals surface area contributed by atoms with Crippen molar-refractivity contribution in [1.29, 1.82) is 0 Å². The average Bonchev–Trinajstić information content (AvgIpc) is 2.38. The van der Waals surface area contributed by atoms with Crippen LogP contribution in [0.15, 0.2) is 29.3 Å². The molecule has 0 aromatic heterocycles. The summed E-state index contributed by atoms with van der Waals surface area (Å²) >= 11 is 3.55. The van der Waals surface area contributed by atoms with Crippen LogP contribution in [0.5, 0.6) is 11.5 Å². The third kappa shape index (κ3) is 5.25. The lowest BCUT2D eigenvalue weighted by atomic mass is 10.2. The fraction of sp³-hybridized carbons (Fsp3) is 0.467. The summed E-state index contributed by atoms with van der Waals surface area (Å²) in [5.41, 5.74) is 1.16. The van der Waals surface area contributed by atoms with Gasteiger partial charge < -0.3 is 14.8 Å². The second kappa shape index (κ2) is 8.99. The van der Waals surface area contributed by atoms with Crippen molar-refractivity contribution in [2.75, 3.05) is 20.3 Å². The van der Waals surface area contributed by atoms with Gasteiger partial charge in [0.15, 0.2) is 11.5 Å². The van der Waals surface area contributed by atoms with Crippen LogP contribution >= 0.6 is 15.9 Å². The number of benzene rings is 1. The summed E-state index contributed by atoms with van der Waals surface area (Å²) < 4.78 is 12.4. The lowest BCUT2D eigenvalue weighted by Gasteiger charge is -2.15. The quantitative estimate of drug-likeness (QED) is 0.551. The number of halogens is 1. The Labute approximate surface area is 124 Å². The van der Waals surface area contributed by atoms with Crippen molar-refractivity contribution in [3.8, 4) is 11.5 Å². The van der Waals surface area contributed by atoms with Gasteiger partial charge >= 0.3 is 0 Å². The minimum absolute atomic E-state index is 0.623. The monoisotopic (exact) mass is 327 g/mol. The minimum atomic E-state index is 0.623. The maximum absolute atomic E-state index is 5.82. The third-order valence-electron chi connectivity index (χ3n) is 2.55. The van der Waals surface area contributed by atoms with Crippen molar-refractivity contribution in [2.24, 2.45) is 0 Å². The van der Waals surface area contributed by atoms with Gasteiger partial charge in [0, 0.05) is 6.54 Å². The van der Waals surface area contributed by atoms with Crippen LogP contribution in [0.25, 0.3) is 0 Å². The first-order valence-corrected chi connectivity index (χ1v) is 7.35. The largest absolute Gasteiger partial charge is 0.490 e. The molecule has 1 aromatic rings. The summed E-state index contributed by atoms with van der Waals surface area (Å²) in [6, 6.07) is 4.08. The second-order valence-corrected chi connectivity index (χ2v) is 5.00. The zero-order valence-corrected chi connectivity index (χ0v) is 13.3. The Kier molecular flexibility index (Phi) is 7.60. The van der Waals surface area contributed by atoms with Crippen molar-refractivity contribution < 1.29 is 9.47 Å². The molecule has 1 aromatic carbocycles. The molecular formula is C15H22BrNO2. The van der Waals surface area contributed by atoms with Crippen LogP contribution in [0.1, 0.15) is 25.3 Å². The standard InChI is InChI=1S/C15H22BrNO2/c1-4-6-7-8-19-15-13(16)9-12(11-17-3)10-14(15)18-5-2/h4,9-10,17H,1,5-8,11H2,2-3H3. The second-order valence-electron chi connectivity index (χ2n) is 4.15. The lowest BCUT2D eigenvalue weighted by molar-refractivity contribution is 0.272. The van der Waals surface area contributed by atoms with E-state index in [4.69, 9.17) is 9.47 Å². The van der Waals surface area contributed by atoms with Crippen LogP contribution in [0, 0.1) is 0 Å². The molecule has 106 valence electrons. The summed E-state index contributed by atoms with van der Waals surface area (Å²) in [6.07, 6.45) is 3.82. The summed E-state index contributed by atoms with van der Waals surface area (Å²) in [7, 11) is 1.92. The molecule has 0 amide bonds. The van der Waals surface area contributed by atoms with Crippen LogP contribution in [0.2, 0.25) is 0 Å². The molecule has 1 N–H and O–H groups in total. The van der Waals surface area contributed by atoms with Crippen molar-refractivity contribution in [2.45, 2.75) is 26.3 Å². The summed E-state index contributed by atoms with van der Waals surface area (Å²) in [6.45, 7) is 7.77. The van der Waals surface area contributed by atoms with Gasteiger partial charge in [-0.15, -0.1) is 6.58 Å². The van der Waals surface area contributed by atoms with E-state index >= 15 is 0 Å². The molecular weight excluding hydrogens is 306 g/mol. The number of rotatable bonds is 9. The van der Waals surface area contributed by atoms with Crippen LogP contribution in [0.4, 0.5) is 0 Å². The molecule has 19 heavy (non-hydrogen) atoms. The lowest BCUT2D eigenvalue weighted by Crippen LogP contribution is -2.07. The zero-order chi connectivity index (χ0) is 14.1. The average molecular weight is 328 g/mol. The van der Waals surface area contributed by atoms with E-state index in [1.54, 1.807) is 0 Å². The van der Waals surface area contributed by atoms with Crippen molar-refractivity contribution in [1.82, 2.24) is 5.32 Å². The maximum atomic E-state index is 5.82. The number of nitrogens with one attached hydrogen (secondary N) is 1. The number of unbranched alkanes of at least 4 members (excludes halogenated alkanes) is 1. The van der Waals surface area contributed by atoms with Crippen molar-refractivity contribution >= 4 is 15.9 Å². The molecule has 1 rings (SSSR count). The molecule has 0 atom stereocenters. The fourth-order valence-corrected chi connectivity index (χ4v) is 2.34. The van der Waals surface area contributed by atoms with Crippen molar-refractivity contribution in [3.05, 3.63) is 34.8 Å². The van der Waals surface area contributed by atoms with Gasteiger partial charge in [0.2, 0.25) is 0 Å². The minimum Gasteiger partial charge on any atom is -0.490 e. The van der Waals surface area contributed by atoms with E-state index in [-0.39, 0.29) is 0 Å². The fourth-order valence-electron chi connectivity index (χ4n) is 1.73. The molecule has 0 fully saturated rings. The smallest absolute Gasteiger partial charge is 0.175 e. The topological polar surface area (TPSA) is 30.5 Å². The van der Waals surface area contributed by atoms with E-state index in [1.165, 1.54) is 0 Å². The highest BCUT2D eigenvalue weighted by Crippen LogP contribution is 2.37. The summed E-state index contributed by atoms with van der Waals surface area (Å²) in [4.78, 5) is 0. The third-order valence-corrected chi connectivity index (χ3v) is 3.14. The summed E-state index contributed by atoms with van der Waals surface area (Å²) in [5.74, 6) is 1.58. The van der Waals surface area contributed by atoms with Gasteiger partial charge in [-0.2, -0.15) is 0 Å². The Morgan fingerprint density at radius 3 is 2.79 bits per heavy atom. The number of hydrogen-bond donors (Lipinski definition) is 1. The van der Waals surface area contributed by atoms with E-state index in [0.29, 0.717) is 13.2 Å². The van der Waals surface area contributed by atoms with Gasteiger partial charge in [0.05, 0.1) is 17.7 Å². The van der Waals surface area contributed by atoms with Crippen molar-refractivity contribution in [3.63, 3.8) is 0 Å². The Balaban J connectivity index is 2.83. The molecule has 0 aliphatic heterocycles. The van der Waals surface area contributed by atoms with E-state index < -0.39 is 0 Å². The maximum Gasteiger partial charge on any atom is 0.175 e. The van der Waals surface area contributed by atoms with Crippen LogP contribution in [-0.2, 0) is 6.54 Å². The van der Waals surface area contributed by atoms with Gasteiger partial charge in [-0.05, 0) is 60.4 Å². The van der Waals surface area contributed by atoms with Crippen LogP contribution < -0.4 is 14.8 Å². The first kappa shape index (κ1) is 16.1. The number of hydrogen-bond acceptors (Lipinski definition) is 3. The molecule has 0 spiro atoms. The predicted molar refractivity (Wildman–Crippen MR) is 83.0 cm³/mol. The molecule has 0 unspecified atom stereocenters. The Hall–Kier alpha value is -1.00. The molecule has 4 heteroatoms. The highest BCUT2D eigenvalue weighted by molar-refractivity contribution is 9.10. The zero-order valence-electron chi connectivity index (χ0n) is 11.7. The van der Waals surface area contributed by atoms with Gasteiger partial charge in [-0.3, -0.25) is 0 Å². The molecule has 0 heterocycles. The van der Waals surface area contributed by atoms with E-state index in [1.807, 2.05) is 26.1 Å². The molecule has 0 saturated heterocycles. The normalized spacial score (nSPS) is 10.3. The Bertz CT molecular complexity index is 407. The highest BCUT2D eigenvalue weighted by Gasteiger charge is 2.11. The number of ether oxygens (including phenoxy) is 2. The van der Waals surface area contributed by atoms with E-state index in [2.05, 4.69) is 33.9 Å². The Morgan fingerprint density at radius 2 is 2.16 bits per heavy atom. The highest BCUT2D eigenvalue weighted by atomic mass is 79.9. The van der Waals surface area contributed by atoms with Gasteiger partial charge in [0.1, 0.15) is 0 Å². The molecule has 0 bridgehead atoms. The SMILES string of the molecule is C=CCCCOc1c(Br)cc(CNC)cc1OCC. The molecule has 0 radical (unpaired) electrons. The van der Waals surface area contributed by atoms with Crippen LogP contribution in [0.3, 0.4) is 0 Å². The van der Waals surface area contributed by atoms with E-state index in [9.17, 15) is 0 Å². The van der Waals surface area contributed by atoms with Gasteiger partial charge in [0.25, 0.3) is 0 Å². The molecule has 3 nitrogen and oxygen atoms in total. The molecule has 0 aliphatic carbocycles. The van der Waals surface area contributed by atoms with E-state index in [0.717, 1.165) is 40.9 Å². The number of allylic oxidation sites excluding steroid dienone is 1. The van der Waals surface area contributed by atoms with Gasteiger partial charge in [-0.25, -0.2) is 0 Å². The van der Waals surface area contributed by atoms with Gasteiger partial charge in [-0.1, -0.05) is 6.08 Å². The Morgan fingerprint density at radius 1 is 1.37 bits per heavy atom. The molecule has 0 aliphatic rings. The first-order valence-electron chi connectivity index (χ1n) is 6.56.